The minimum absolute atomic E-state index is 0.250. The largest absolute Gasteiger partial charge is 0.494 e. The summed E-state index contributed by atoms with van der Waals surface area (Å²) in [6.45, 7) is 15.6. The van der Waals surface area contributed by atoms with E-state index in [9.17, 15) is 0 Å². The Bertz CT molecular complexity index is 6200. The first-order chi connectivity index (χ1) is 52.0. The van der Waals surface area contributed by atoms with E-state index in [1.165, 1.54) is 198 Å². The predicted molar refractivity (Wildman–Crippen MR) is 451 cm³/mol. The Morgan fingerprint density at radius 2 is 0.406 bits per heavy atom. The van der Waals surface area contributed by atoms with Gasteiger partial charge in [-0.15, -0.1) is 0 Å². The molecule has 0 unspecified atom stereocenters. The van der Waals surface area contributed by atoms with Crippen LogP contribution in [0.3, 0.4) is 0 Å². The Labute approximate surface area is 621 Å². The van der Waals surface area contributed by atoms with Crippen molar-refractivity contribution in [2.75, 3.05) is 13.2 Å². The molecule has 0 fully saturated rings. The van der Waals surface area contributed by atoms with Crippen LogP contribution in [0.1, 0.15) is 89.5 Å². The average molecular weight is 1360 g/mol. The van der Waals surface area contributed by atoms with E-state index >= 15 is 0 Å². The summed E-state index contributed by atoms with van der Waals surface area (Å²) in [5, 5.41) is 15.0. The van der Waals surface area contributed by atoms with Crippen LogP contribution in [-0.4, -0.2) is 13.2 Å². The van der Waals surface area contributed by atoms with Crippen LogP contribution in [0, 0.1) is 0 Å². The normalized spacial score (nSPS) is 13.2. The van der Waals surface area contributed by atoms with Crippen LogP contribution >= 0.6 is 0 Å². The third-order valence-electron chi connectivity index (χ3n) is 23.6. The van der Waals surface area contributed by atoms with Crippen LogP contribution < -0.4 is 9.47 Å². The van der Waals surface area contributed by atoms with E-state index in [0.717, 1.165) is 50.4 Å². The second kappa shape index (κ2) is 25.9. The van der Waals surface area contributed by atoms with Gasteiger partial charge in [0, 0.05) is 10.8 Å². The van der Waals surface area contributed by atoms with Gasteiger partial charge in [-0.1, -0.05) is 321 Å². The maximum atomic E-state index is 6.01. The van der Waals surface area contributed by atoms with E-state index in [1.54, 1.807) is 0 Å². The lowest BCUT2D eigenvalue weighted by Crippen LogP contribution is -2.15. The van der Waals surface area contributed by atoms with Crippen molar-refractivity contribution in [3.63, 3.8) is 0 Å². The molecule has 0 atom stereocenters. The summed E-state index contributed by atoms with van der Waals surface area (Å²) in [7, 11) is 0. The summed E-state index contributed by atoms with van der Waals surface area (Å²) in [5.41, 5.74) is 29.9. The molecule has 2 heteroatoms. The lowest BCUT2D eigenvalue weighted by Gasteiger charge is -2.24. The van der Waals surface area contributed by atoms with Crippen molar-refractivity contribution in [1.82, 2.24) is 0 Å². The number of unbranched alkanes of at least 4 members (excludes halogenated alkanes) is 2. The predicted octanol–water partition coefficient (Wildman–Crippen LogP) is 28.9. The molecular weight excluding hydrogens is 1280 g/mol. The molecular formula is C104H82O2. The first-order valence-electron chi connectivity index (χ1n) is 38.1. The third-order valence-corrected chi connectivity index (χ3v) is 23.6. The molecule has 17 aromatic carbocycles. The Morgan fingerprint density at radius 3 is 0.660 bits per heavy atom. The molecule has 2 aliphatic rings. The topological polar surface area (TPSA) is 18.5 Å². The number of fused-ring (bicyclic) bond motifs is 12. The van der Waals surface area contributed by atoms with Crippen LogP contribution in [0.4, 0.5) is 0 Å². The molecule has 0 spiro atoms. The highest BCUT2D eigenvalue weighted by molar-refractivity contribution is 6.30. The zero-order valence-corrected chi connectivity index (χ0v) is 61.1. The summed E-state index contributed by atoms with van der Waals surface area (Å²) in [4.78, 5) is 0. The molecule has 0 amide bonds. The molecule has 0 aromatic heterocycles. The van der Waals surface area contributed by atoms with E-state index < -0.39 is 0 Å². The average Bonchev–Trinajstić information content (AvgIpc) is 0.976. The molecule has 106 heavy (non-hydrogen) atoms. The Balaban J connectivity index is 0.643. The second-order valence-electron chi connectivity index (χ2n) is 30.4. The van der Waals surface area contributed by atoms with E-state index in [4.69, 9.17) is 9.47 Å². The Kier molecular flexibility index (Phi) is 15.8. The van der Waals surface area contributed by atoms with Crippen molar-refractivity contribution < 1.29 is 9.47 Å². The maximum absolute atomic E-state index is 6.01. The zero-order chi connectivity index (χ0) is 71.4. The minimum Gasteiger partial charge on any atom is -0.494 e. The van der Waals surface area contributed by atoms with Crippen LogP contribution in [0.15, 0.2) is 315 Å². The monoisotopic (exact) mass is 1360 g/mol. The number of hydrogen-bond acceptors (Lipinski definition) is 2. The highest BCUT2D eigenvalue weighted by Crippen LogP contribution is 2.57. The molecule has 0 radical (unpaired) electrons. The van der Waals surface area contributed by atoms with Gasteiger partial charge in [0.05, 0.1) is 13.2 Å². The van der Waals surface area contributed by atoms with Crippen LogP contribution in [0.2, 0.25) is 0 Å². The van der Waals surface area contributed by atoms with Gasteiger partial charge >= 0.3 is 0 Å². The first-order valence-corrected chi connectivity index (χ1v) is 38.1. The molecule has 17 aromatic rings. The lowest BCUT2D eigenvalue weighted by molar-refractivity contribution is 0.309. The van der Waals surface area contributed by atoms with E-state index in [0.29, 0.717) is 0 Å². The summed E-state index contributed by atoms with van der Waals surface area (Å²) < 4.78 is 12.0. The van der Waals surface area contributed by atoms with Crippen molar-refractivity contribution in [3.05, 3.63) is 338 Å². The summed E-state index contributed by atoms with van der Waals surface area (Å²) in [6, 6.07) is 119. The Morgan fingerprint density at radius 1 is 0.208 bits per heavy atom. The molecule has 0 N–H and O–H groups in total. The molecule has 0 bridgehead atoms. The fraction of sp³-hybridized carbons (Fsp3) is 0.135. The SMILES string of the molecule is CCCCOc1ccc(-c2ccc(-c3c4ccccc4c(-c4ccc5c(c4)C(C)(C)c4cc(-c6ccc7c(c6)C(C)(C)c6cc(-c8c9ccccc9c(-c9c%10ccccc%10c(-c%10ccc(-c%11ccc(OCCCC)cc%11)cc%10)c%10ccccc9%10)c9ccccc89)ccc6-7)ccc4-5)c4ccccc34)cc2)cc1. The molecule has 0 saturated heterocycles. The molecule has 0 heterocycles. The van der Waals surface area contributed by atoms with Crippen LogP contribution in [-0.2, 0) is 10.8 Å². The van der Waals surface area contributed by atoms with E-state index in [2.05, 4.69) is 357 Å². The van der Waals surface area contributed by atoms with E-state index in [1.807, 2.05) is 0 Å². The minimum atomic E-state index is -0.270. The van der Waals surface area contributed by atoms with Crippen LogP contribution in [0.25, 0.3) is 176 Å². The standard InChI is InChI=1S/C104H82O2/c1-7-9-59-105-75-51-43-67(44-52-75)65-35-39-69(40-36-65)97-81-23-11-13-25-83(81)99(84-26-14-12-24-82(84)97)73-49-57-79-77-55-47-71(61-93(77)103(3,4)95(79)63-73)72-48-56-78-80-58-50-74(64-96(80)104(5,6)94(78)62-72)100-87-29-17-21-33-91(87)102(92-34-22-18-30-88(92)100)101-89-31-19-15-27-85(89)98(86-28-16-20-32-90(86)101)70-41-37-66(38-42-70)68-45-53-76(54-46-68)106-60-10-8-2/h11-58,61-64H,7-10,59-60H2,1-6H3. The van der Waals surface area contributed by atoms with Crippen molar-refractivity contribution >= 4 is 64.6 Å². The highest BCUT2D eigenvalue weighted by Gasteiger charge is 2.39. The number of rotatable bonds is 16. The molecule has 0 aliphatic heterocycles. The maximum Gasteiger partial charge on any atom is 0.119 e. The van der Waals surface area contributed by atoms with Crippen molar-refractivity contribution in [2.45, 2.75) is 78.1 Å². The smallest absolute Gasteiger partial charge is 0.119 e. The van der Waals surface area contributed by atoms with Crippen molar-refractivity contribution in [3.8, 4) is 123 Å². The highest BCUT2D eigenvalue weighted by atomic mass is 16.5. The fourth-order valence-electron chi connectivity index (χ4n) is 18.1. The van der Waals surface area contributed by atoms with Gasteiger partial charge in [0.25, 0.3) is 0 Å². The molecule has 2 aliphatic carbocycles. The molecule has 2 nitrogen and oxygen atoms in total. The van der Waals surface area contributed by atoms with Gasteiger partial charge in [-0.05, 0) is 260 Å². The number of ether oxygens (including phenoxy) is 2. The van der Waals surface area contributed by atoms with Gasteiger partial charge in [-0.3, -0.25) is 0 Å². The lowest BCUT2D eigenvalue weighted by atomic mass is 9.78. The van der Waals surface area contributed by atoms with Gasteiger partial charge < -0.3 is 9.47 Å². The van der Waals surface area contributed by atoms with Crippen molar-refractivity contribution in [2.24, 2.45) is 0 Å². The third kappa shape index (κ3) is 10.6. The molecule has 0 saturated carbocycles. The quantitative estimate of drug-likeness (QED) is 0.0709. The molecule has 510 valence electrons. The van der Waals surface area contributed by atoms with Gasteiger partial charge in [0.1, 0.15) is 11.5 Å². The number of benzene rings is 17. The first kappa shape index (κ1) is 64.7. The van der Waals surface area contributed by atoms with Gasteiger partial charge in [-0.25, -0.2) is 0 Å². The Hall–Kier alpha value is -12.1. The second-order valence-corrected chi connectivity index (χ2v) is 30.4. The summed E-state index contributed by atoms with van der Waals surface area (Å²) in [6.07, 6.45) is 4.35. The van der Waals surface area contributed by atoms with Crippen LogP contribution in [0.5, 0.6) is 11.5 Å². The van der Waals surface area contributed by atoms with E-state index in [-0.39, 0.29) is 10.8 Å². The summed E-state index contributed by atoms with van der Waals surface area (Å²) in [5.74, 6) is 1.84. The molecule has 19 rings (SSSR count). The van der Waals surface area contributed by atoms with Gasteiger partial charge in [0.15, 0.2) is 0 Å². The fourth-order valence-corrected chi connectivity index (χ4v) is 18.1. The zero-order valence-electron chi connectivity index (χ0n) is 61.1. The summed E-state index contributed by atoms with van der Waals surface area (Å²) >= 11 is 0. The van der Waals surface area contributed by atoms with Gasteiger partial charge in [-0.2, -0.15) is 0 Å². The van der Waals surface area contributed by atoms with Gasteiger partial charge in [0.2, 0.25) is 0 Å². The number of hydrogen-bond donors (Lipinski definition) is 0. The van der Waals surface area contributed by atoms with Crippen molar-refractivity contribution in [1.29, 1.82) is 0 Å².